The molecule has 0 aliphatic rings. The molecule has 14 heavy (non-hydrogen) atoms. The minimum Gasteiger partial charge on any atom is -0.444 e. The van der Waals surface area contributed by atoms with Crippen LogP contribution in [-0.2, 0) is 4.79 Å². The highest BCUT2D eigenvalue weighted by atomic mass is 35.5. The van der Waals surface area contributed by atoms with Crippen LogP contribution in [0.5, 0.6) is 5.75 Å². The Kier molecular flexibility index (Phi) is 4.20. The molecule has 0 unspecified atom stereocenters. The molecule has 72 valence electrons. The number of rotatable bonds is 3. The van der Waals surface area contributed by atoms with Gasteiger partial charge in [-0.25, -0.2) is 4.79 Å². The van der Waals surface area contributed by atoms with Crippen molar-refractivity contribution in [3.63, 3.8) is 0 Å². The third-order valence-electron chi connectivity index (χ3n) is 1.31. The van der Waals surface area contributed by atoms with Gasteiger partial charge in [0.2, 0.25) is 11.3 Å². The van der Waals surface area contributed by atoms with E-state index in [-0.39, 0.29) is 5.22 Å². The summed E-state index contributed by atoms with van der Waals surface area (Å²) in [6.07, 6.45) is 1.43. The standard InChI is InChI=1S/C9H5Cl2NO2/c10-5-9(11)14-8-3-1-7(2-4-8)12-6-13/h1-5H. The molecule has 0 saturated carbocycles. The Morgan fingerprint density at radius 3 is 2.57 bits per heavy atom. The summed E-state index contributed by atoms with van der Waals surface area (Å²) >= 11 is 10.8. The van der Waals surface area contributed by atoms with E-state index in [4.69, 9.17) is 27.9 Å². The van der Waals surface area contributed by atoms with Crippen molar-refractivity contribution >= 4 is 35.0 Å². The second-order valence-electron chi connectivity index (χ2n) is 2.21. The number of nitrogens with zero attached hydrogens (tertiary/aromatic N) is 1. The molecule has 0 atom stereocenters. The van der Waals surface area contributed by atoms with Gasteiger partial charge in [0.15, 0.2) is 0 Å². The van der Waals surface area contributed by atoms with E-state index in [9.17, 15) is 4.79 Å². The van der Waals surface area contributed by atoms with E-state index < -0.39 is 0 Å². The first-order chi connectivity index (χ1) is 6.76. The molecule has 0 radical (unpaired) electrons. The van der Waals surface area contributed by atoms with Crippen LogP contribution in [0.15, 0.2) is 40.0 Å². The van der Waals surface area contributed by atoms with E-state index in [0.717, 1.165) is 5.54 Å². The van der Waals surface area contributed by atoms with Gasteiger partial charge in [-0.15, -0.1) is 0 Å². The van der Waals surface area contributed by atoms with Crippen LogP contribution >= 0.6 is 23.2 Å². The van der Waals surface area contributed by atoms with Crippen molar-refractivity contribution in [2.24, 2.45) is 4.99 Å². The summed E-state index contributed by atoms with van der Waals surface area (Å²) < 4.78 is 5.05. The van der Waals surface area contributed by atoms with Crippen molar-refractivity contribution in [1.29, 1.82) is 0 Å². The molecule has 0 fully saturated rings. The van der Waals surface area contributed by atoms with Crippen LogP contribution in [0.1, 0.15) is 0 Å². The molecular weight excluding hydrogens is 225 g/mol. The summed E-state index contributed by atoms with van der Waals surface area (Å²) in [5.74, 6) is 0.511. The summed E-state index contributed by atoms with van der Waals surface area (Å²) in [6.45, 7) is 0. The zero-order valence-electron chi connectivity index (χ0n) is 6.91. The molecule has 0 aliphatic heterocycles. The first-order valence-corrected chi connectivity index (χ1v) is 4.39. The molecule has 1 aromatic rings. The van der Waals surface area contributed by atoms with E-state index in [0.29, 0.717) is 11.4 Å². The lowest BCUT2D eigenvalue weighted by molar-refractivity contribution is 0.464. The molecule has 0 aliphatic carbocycles. The van der Waals surface area contributed by atoms with Gasteiger partial charge >= 0.3 is 0 Å². The molecular formula is C9H5Cl2NO2. The van der Waals surface area contributed by atoms with Gasteiger partial charge in [-0.3, -0.25) is 0 Å². The Hall–Kier alpha value is -1.28. The molecule has 0 bridgehead atoms. The zero-order chi connectivity index (χ0) is 10.4. The minimum absolute atomic E-state index is 0.0679. The molecule has 0 heterocycles. The smallest absolute Gasteiger partial charge is 0.240 e. The molecule has 0 saturated heterocycles. The van der Waals surface area contributed by atoms with Gasteiger partial charge < -0.3 is 4.74 Å². The average molecular weight is 230 g/mol. The van der Waals surface area contributed by atoms with Gasteiger partial charge in [0.05, 0.1) is 11.2 Å². The summed E-state index contributed by atoms with van der Waals surface area (Å²) in [7, 11) is 0. The fourth-order valence-electron chi connectivity index (χ4n) is 0.776. The summed E-state index contributed by atoms with van der Waals surface area (Å²) in [5, 5.41) is 0.0679. The van der Waals surface area contributed by atoms with E-state index >= 15 is 0 Å². The van der Waals surface area contributed by atoms with Gasteiger partial charge in [0, 0.05) is 0 Å². The first-order valence-electron chi connectivity index (χ1n) is 3.58. The minimum atomic E-state index is 0.0679. The fraction of sp³-hybridized carbons (Fsp3) is 0. The lowest BCUT2D eigenvalue weighted by Crippen LogP contribution is -1.85. The zero-order valence-corrected chi connectivity index (χ0v) is 8.42. The van der Waals surface area contributed by atoms with Crippen LogP contribution in [0.4, 0.5) is 5.69 Å². The van der Waals surface area contributed by atoms with Gasteiger partial charge in [0.1, 0.15) is 5.75 Å². The number of ether oxygens (including phenoxy) is 1. The molecule has 0 aromatic heterocycles. The van der Waals surface area contributed by atoms with Gasteiger partial charge in [-0.1, -0.05) is 11.6 Å². The third-order valence-corrected chi connectivity index (χ3v) is 1.81. The number of halogens is 2. The SMILES string of the molecule is O=C=Nc1ccc(OC(Cl)=CCl)cc1. The molecule has 1 aromatic carbocycles. The number of hydrogen-bond donors (Lipinski definition) is 0. The van der Waals surface area contributed by atoms with Crippen LogP contribution < -0.4 is 4.74 Å². The van der Waals surface area contributed by atoms with Crippen molar-refractivity contribution < 1.29 is 9.53 Å². The van der Waals surface area contributed by atoms with Gasteiger partial charge in [0.25, 0.3) is 0 Å². The monoisotopic (exact) mass is 229 g/mol. The van der Waals surface area contributed by atoms with E-state index in [1.807, 2.05) is 0 Å². The second-order valence-corrected chi connectivity index (χ2v) is 2.80. The largest absolute Gasteiger partial charge is 0.444 e. The quantitative estimate of drug-likeness (QED) is 0.453. The maximum absolute atomic E-state index is 9.91. The topological polar surface area (TPSA) is 38.7 Å². The Morgan fingerprint density at radius 2 is 2.07 bits per heavy atom. The van der Waals surface area contributed by atoms with Crippen molar-refractivity contribution in [2.75, 3.05) is 0 Å². The highest BCUT2D eigenvalue weighted by Gasteiger charge is 1.96. The predicted molar refractivity (Wildman–Crippen MR) is 54.6 cm³/mol. The molecule has 0 spiro atoms. The van der Waals surface area contributed by atoms with Crippen LogP contribution in [0.2, 0.25) is 0 Å². The van der Waals surface area contributed by atoms with Gasteiger partial charge in [-0.05, 0) is 35.9 Å². The third kappa shape index (κ3) is 3.23. The Balaban J connectivity index is 2.78. The Bertz CT molecular complexity index is 380. The van der Waals surface area contributed by atoms with Gasteiger partial charge in [-0.2, -0.15) is 4.99 Å². The van der Waals surface area contributed by atoms with E-state index in [1.54, 1.807) is 24.3 Å². The molecule has 1 rings (SSSR count). The van der Waals surface area contributed by atoms with E-state index in [1.165, 1.54) is 6.08 Å². The second kappa shape index (κ2) is 5.45. The normalized spacial score (nSPS) is 10.6. The van der Waals surface area contributed by atoms with Crippen molar-refractivity contribution in [3.05, 3.63) is 35.0 Å². The van der Waals surface area contributed by atoms with Crippen molar-refractivity contribution in [1.82, 2.24) is 0 Å². The fourth-order valence-corrected chi connectivity index (χ4v) is 0.910. The number of carbonyl (C=O) groups excluding carboxylic acids is 1. The summed E-state index contributed by atoms with van der Waals surface area (Å²) in [4.78, 5) is 13.3. The number of hydrogen-bond acceptors (Lipinski definition) is 3. The summed E-state index contributed by atoms with van der Waals surface area (Å²) in [6, 6.07) is 6.41. The van der Waals surface area contributed by atoms with Crippen LogP contribution in [0, 0.1) is 0 Å². The molecule has 0 N–H and O–H groups in total. The molecule has 5 heteroatoms. The highest BCUT2D eigenvalue weighted by Crippen LogP contribution is 2.20. The lowest BCUT2D eigenvalue weighted by atomic mass is 10.3. The molecule has 3 nitrogen and oxygen atoms in total. The van der Waals surface area contributed by atoms with Crippen molar-refractivity contribution in [2.45, 2.75) is 0 Å². The first kappa shape index (κ1) is 10.8. The van der Waals surface area contributed by atoms with Crippen molar-refractivity contribution in [3.8, 4) is 5.75 Å². The lowest BCUT2D eigenvalue weighted by Gasteiger charge is -2.01. The van der Waals surface area contributed by atoms with Crippen LogP contribution in [0.25, 0.3) is 0 Å². The van der Waals surface area contributed by atoms with Crippen LogP contribution in [0.3, 0.4) is 0 Å². The predicted octanol–water partition coefficient (Wildman–Crippen LogP) is 3.31. The number of aliphatic imine (C=N–C) groups is 1. The Labute approximate surface area is 90.6 Å². The Morgan fingerprint density at radius 1 is 1.43 bits per heavy atom. The highest BCUT2D eigenvalue weighted by molar-refractivity contribution is 6.35. The number of isocyanates is 1. The molecule has 0 amide bonds. The number of benzene rings is 1. The average Bonchev–Trinajstić information content (AvgIpc) is 2.21. The van der Waals surface area contributed by atoms with E-state index in [2.05, 4.69) is 4.99 Å². The maximum Gasteiger partial charge on any atom is 0.240 e. The van der Waals surface area contributed by atoms with Crippen LogP contribution in [-0.4, -0.2) is 6.08 Å². The summed E-state index contributed by atoms with van der Waals surface area (Å²) in [5.41, 5.74) is 1.61. The maximum atomic E-state index is 9.91.